The molecular formula is C18H19N5OS. The van der Waals surface area contributed by atoms with E-state index in [1.54, 1.807) is 29.0 Å². The zero-order chi connectivity index (χ0) is 17.3. The van der Waals surface area contributed by atoms with Crippen LogP contribution in [-0.4, -0.2) is 31.4 Å². The van der Waals surface area contributed by atoms with Gasteiger partial charge in [0, 0.05) is 24.7 Å². The van der Waals surface area contributed by atoms with E-state index in [1.165, 1.54) is 6.33 Å². The van der Waals surface area contributed by atoms with Gasteiger partial charge in [-0.25, -0.2) is 9.67 Å². The van der Waals surface area contributed by atoms with Crippen LogP contribution in [0.25, 0.3) is 0 Å². The summed E-state index contributed by atoms with van der Waals surface area (Å²) < 4.78 is 1.77. The number of nitrogens with zero attached hydrogens (tertiary/aromatic N) is 4. The average molecular weight is 353 g/mol. The van der Waals surface area contributed by atoms with Crippen LogP contribution in [0.1, 0.15) is 16.7 Å². The first-order valence-electron chi connectivity index (χ1n) is 7.94. The minimum absolute atomic E-state index is 0.0319. The summed E-state index contributed by atoms with van der Waals surface area (Å²) in [5.41, 5.74) is 3.33. The van der Waals surface area contributed by atoms with Gasteiger partial charge in [0.15, 0.2) is 0 Å². The van der Waals surface area contributed by atoms with E-state index in [-0.39, 0.29) is 5.91 Å². The number of carbonyl (C=O) groups is 1. The maximum atomic E-state index is 12.1. The van der Waals surface area contributed by atoms with Crippen LogP contribution in [0, 0.1) is 0 Å². The first-order chi connectivity index (χ1) is 12.3. The van der Waals surface area contributed by atoms with Gasteiger partial charge in [0.05, 0.1) is 12.3 Å². The van der Waals surface area contributed by atoms with Gasteiger partial charge in [-0.15, -0.1) is 11.8 Å². The van der Waals surface area contributed by atoms with Crippen LogP contribution >= 0.6 is 11.8 Å². The molecule has 7 heteroatoms. The lowest BCUT2D eigenvalue weighted by atomic mass is 10.1. The number of nitrogens with one attached hydrogen (secondary N) is 1. The van der Waals surface area contributed by atoms with Crippen LogP contribution in [0.15, 0.2) is 61.4 Å². The van der Waals surface area contributed by atoms with Crippen molar-refractivity contribution >= 4 is 17.7 Å². The average Bonchev–Trinajstić information content (AvgIpc) is 3.15. The molecule has 25 heavy (non-hydrogen) atoms. The molecular weight excluding hydrogens is 334 g/mol. The van der Waals surface area contributed by atoms with Crippen molar-refractivity contribution in [3.8, 4) is 0 Å². The van der Waals surface area contributed by atoms with E-state index in [0.29, 0.717) is 18.8 Å². The Morgan fingerprint density at radius 3 is 2.76 bits per heavy atom. The van der Waals surface area contributed by atoms with E-state index < -0.39 is 0 Å². The number of aromatic nitrogens is 4. The van der Waals surface area contributed by atoms with Crippen molar-refractivity contribution < 1.29 is 4.79 Å². The Hall–Kier alpha value is -2.67. The fourth-order valence-corrected chi connectivity index (χ4v) is 3.16. The SMILES string of the molecule is O=C(CSCc1cccnc1)NCc1ccccc1Cn1cncn1. The number of thioether (sulfide) groups is 1. The van der Waals surface area contributed by atoms with Gasteiger partial charge in [-0.3, -0.25) is 9.78 Å². The monoisotopic (exact) mass is 353 g/mol. The summed E-state index contributed by atoms with van der Waals surface area (Å²) in [6, 6.07) is 11.9. The lowest BCUT2D eigenvalue weighted by Crippen LogP contribution is -2.25. The van der Waals surface area contributed by atoms with Crippen LogP contribution in [0.5, 0.6) is 0 Å². The van der Waals surface area contributed by atoms with Crippen LogP contribution in [0.2, 0.25) is 0 Å². The van der Waals surface area contributed by atoms with Gasteiger partial charge in [-0.05, 0) is 22.8 Å². The quantitative estimate of drug-likeness (QED) is 0.672. The highest BCUT2D eigenvalue weighted by Crippen LogP contribution is 2.12. The topological polar surface area (TPSA) is 72.7 Å². The third-order valence-corrected chi connectivity index (χ3v) is 4.62. The summed E-state index contributed by atoms with van der Waals surface area (Å²) in [7, 11) is 0. The predicted octanol–water partition coefficient (Wildman–Crippen LogP) is 2.27. The zero-order valence-electron chi connectivity index (χ0n) is 13.7. The molecule has 0 atom stereocenters. The highest BCUT2D eigenvalue weighted by atomic mass is 32.2. The van der Waals surface area contributed by atoms with Gasteiger partial charge in [0.2, 0.25) is 5.91 Å². The maximum Gasteiger partial charge on any atom is 0.230 e. The van der Waals surface area contributed by atoms with E-state index in [9.17, 15) is 4.79 Å². The Bertz CT molecular complexity index is 792. The summed E-state index contributed by atoms with van der Waals surface area (Å²) in [6.07, 6.45) is 6.78. The van der Waals surface area contributed by atoms with E-state index in [2.05, 4.69) is 20.4 Å². The summed E-state index contributed by atoms with van der Waals surface area (Å²) in [4.78, 5) is 20.1. The Morgan fingerprint density at radius 1 is 1.12 bits per heavy atom. The Labute approximate surface area is 150 Å². The molecule has 0 aliphatic rings. The molecule has 2 aromatic heterocycles. The molecule has 0 bridgehead atoms. The lowest BCUT2D eigenvalue weighted by Gasteiger charge is -2.10. The third kappa shape index (κ3) is 5.42. The second-order valence-electron chi connectivity index (χ2n) is 5.49. The van der Waals surface area contributed by atoms with Crippen molar-refractivity contribution in [1.29, 1.82) is 0 Å². The minimum atomic E-state index is 0.0319. The standard InChI is InChI=1S/C18H19N5OS/c24-18(12-25-11-15-4-3-7-19-8-15)21-9-16-5-1-2-6-17(16)10-23-14-20-13-22-23/h1-8,13-14H,9-12H2,(H,21,24). The van der Waals surface area contributed by atoms with E-state index >= 15 is 0 Å². The molecule has 0 saturated heterocycles. The van der Waals surface area contributed by atoms with E-state index in [0.717, 1.165) is 22.4 Å². The Balaban J connectivity index is 1.47. The fraction of sp³-hybridized carbons (Fsp3) is 0.222. The highest BCUT2D eigenvalue weighted by Gasteiger charge is 2.06. The number of benzene rings is 1. The Morgan fingerprint density at radius 2 is 2.00 bits per heavy atom. The fourth-order valence-electron chi connectivity index (χ4n) is 2.36. The summed E-state index contributed by atoms with van der Waals surface area (Å²) in [6.45, 7) is 1.15. The summed E-state index contributed by atoms with van der Waals surface area (Å²) in [5, 5.41) is 7.11. The van der Waals surface area contributed by atoms with Gasteiger partial charge in [-0.2, -0.15) is 5.10 Å². The molecule has 3 aromatic rings. The van der Waals surface area contributed by atoms with Crippen molar-refractivity contribution in [3.63, 3.8) is 0 Å². The summed E-state index contributed by atoms with van der Waals surface area (Å²) >= 11 is 1.58. The highest BCUT2D eigenvalue weighted by molar-refractivity contribution is 7.99. The minimum Gasteiger partial charge on any atom is -0.351 e. The largest absolute Gasteiger partial charge is 0.351 e. The number of hydrogen-bond acceptors (Lipinski definition) is 5. The van der Waals surface area contributed by atoms with Crippen LogP contribution in [0.3, 0.4) is 0 Å². The Kier molecular flexibility index (Phi) is 6.17. The van der Waals surface area contributed by atoms with Gasteiger partial charge < -0.3 is 5.32 Å². The molecule has 1 amide bonds. The van der Waals surface area contributed by atoms with Crippen molar-refractivity contribution in [2.45, 2.75) is 18.8 Å². The smallest absolute Gasteiger partial charge is 0.230 e. The second kappa shape index (κ2) is 8.98. The summed E-state index contributed by atoms with van der Waals surface area (Å²) in [5.74, 6) is 1.24. The van der Waals surface area contributed by atoms with Gasteiger partial charge in [0.25, 0.3) is 0 Å². The van der Waals surface area contributed by atoms with Gasteiger partial charge >= 0.3 is 0 Å². The van der Waals surface area contributed by atoms with Gasteiger partial charge in [-0.1, -0.05) is 30.3 Å². The molecule has 0 aliphatic heterocycles. The maximum absolute atomic E-state index is 12.1. The van der Waals surface area contributed by atoms with Crippen LogP contribution < -0.4 is 5.32 Å². The van der Waals surface area contributed by atoms with Crippen molar-refractivity contribution in [3.05, 3.63) is 78.1 Å². The molecule has 1 aromatic carbocycles. The van der Waals surface area contributed by atoms with Crippen LogP contribution in [0.4, 0.5) is 0 Å². The molecule has 2 heterocycles. The molecule has 128 valence electrons. The third-order valence-electron chi connectivity index (χ3n) is 3.62. The van der Waals surface area contributed by atoms with Gasteiger partial charge in [0.1, 0.15) is 12.7 Å². The van der Waals surface area contributed by atoms with Crippen molar-refractivity contribution in [1.82, 2.24) is 25.1 Å². The molecule has 0 radical (unpaired) electrons. The molecule has 0 unspecified atom stereocenters. The van der Waals surface area contributed by atoms with E-state index in [4.69, 9.17) is 0 Å². The first-order valence-corrected chi connectivity index (χ1v) is 9.09. The van der Waals surface area contributed by atoms with E-state index in [1.807, 2.05) is 42.6 Å². The number of rotatable bonds is 8. The van der Waals surface area contributed by atoms with Crippen molar-refractivity contribution in [2.75, 3.05) is 5.75 Å². The second-order valence-corrected chi connectivity index (χ2v) is 6.48. The zero-order valence-corrected chi connectivity index (χ0v) is 14.5. The predicted molar refractivity (Wildman–Crippen MR) is 97.8 cm³/mol. The normalized spacial score (nSPS) is 10.6. The van der Waals surface area contributed by atoms with Crippen LogP contribution in [-0.2, 0) is 23.6 Å². The molecule has 6 nitrogen and oxygen atoms in total. The number of pyridine rings is 1. The molecule has 0 aliphatic carbocycles. The number of carbonyl (C=O) groups excluding carboxylic acids is 1. The number of hydrogen-bond donors (Lipinski definition) is 1. The first kappa shape index (κ1) is 17.2. The van der Waals surface area contributed by atoms with Crippen molar-refractivity contribution in [2.24, 2.45) is 0 Å². The molecule has 1 N–H and O–H groups in total. The molecule has 0 saturated carbocycles. The molecule has 0 fully saturated rings. The lowest BCUT2D eigenvalue weighted by molar-refractivity contribution is -0.118. The number of amides is 1. The molecule has 0 spiro atoms. The molecule has 3 rings (SSSR count).